The number of halogens is 1. The number of benzene rings is 1. The van der Waals surface area contributed by atoms with Gasteiger partial charge in [0.2, 0.25) is 0 Å². The van der Waals surface area contributed by atoms with Gasteiger partial charge in [-0.25, -0.2) is 9.18 Å². The minimum Gasteiger partial charge on any atom is -0.444 e. The number of nitrogens with zero attached hydrogens (tertiary/aromatic N) is 2. The summed E-state index contributed by atoms with van der Waals surface area (Å²) in [6, 6.07) is 10.8. The largest absolute Gasteiger partial charge is 0.444 e. The van der Waals surface area contributed by atoms with Crippen LogP contribution in [0.3, 0.4) is 0 Å². The molecule has 1 heterocycles. The van der Waals surface area contributed by atoms with Gasteiger partial charge in [0, 0.05) is 25.4 Å². The van der Waals surface area contributed by atoms with Gasteiger partial charge < -0.3 is 20.1 Å². The molecular weight excluding hydrogens is 397 g/mol. The first-order chi connectivity index (χ1) is 14.3. The number of anilines is 1. The molecule has 31 heavy (non-hydrogen) atoms. The molecule has 0 aliphatic rings. The van der Waals surface area contributed by atoms with Crippen LogP contribution in [0.15, 0.2) is 48.8 Å². The van der Waals surface area contributed by atoms with Crippen LogP contribution < -0.4 is 10.2 Å². The number of ether oxygens (including phenoxy) is 1. The minimum absolute atomic E-state index is 0.213. The van der Waals surface area contributed by atoms with Crippen molar-refractivity contribution in [3.05, 3.63) is 59.9 Å². The zero-order chi connectivity index (χ0) is 23.2. The number of nitrogens with one attached hydrogen (secondary N) is 1. The van der Waals surface area contributed by atoms with Crippen molar-refractivity contribution in [2.45, 2.75) is 64.5 Å². The van der Waals surface area contributed by atoms with Crippen molar-refractivity contribution in [3.63, 3.8) is 0 Å². The lowest BCUT2D eigenvalue weighted by atomic mass is 10.00. The molecule has 0 saturated heterocycles. The van der Waals surface area contributed by atoms with E-state index in [9.17, 15) is 14.3 Å². The van der Waals surface area contributed by atoms with Crippen molar-refractivity contribution in [1.29, 1.82) is 0 Å². The van der Waals surface area contributed by atoms with E-state index in [4.69, 9.17) is 4.74 Å². The molecule has 0 fully saturated rings. The normalized spacial score (nSPS) is 13.9. The molecule has 2 rings (SSSR count). The van der Waals surface area contributed by atoms with E-state index in [1.165, 1.54) is 20.0 Å². The second-order valence-electron chi connectivity index (χ2n) is 9.29. The number of alkyl halides is 1. The topological polar surface area (TPSA) is 74.7 Å². The average molecular weight is 432 g/mol. The van der Waals surface area contributed by atoms with Crippen molar-refractivity contribution in [2.75, 3.05) is 18.5 Å². The Morgan fingerprint density at radius 1 is 1.19 bits per heavy atom. The Labute approximate surface area is 184 Å². The molecule has 2 N–H and O–H groups in total. The van der Waals surface area contributed by atoms with Gasteiger partial charge in [-0.05, 0) is 52.7 Å². The molecule has 0 bridgehead atoms. The molecule has 0 radical (unpaired) electrons. The first kappa shape index (κ1) is 24.6. The zero-order valence-electron chi connectivity index (χ0n) is 19.2. The lowest BCUT2D eigenvalue weighted by molar-refractivity contribution is 0.0429. The summed E-state index contributed by atoms with van der Waals surface area (Å²) in [5.74, 6) is 0. The van der Waals surface area contributed by atoms with Crippen molar-refractivity contribution in [2.24, 2.45) is 0 Å². The standard InChI is InChI=1S/C24H34FN3O3/c1-23(2,3)31-22(30)27-20(12-17-10-8-7-9-11-17)21(29)16-28(6)19-13-18(14-26-15-19)24(4,5)25/h7-11,13-15,20-21,29H,12,16H2,1-6H3,(H,27,30)/t20-,21+/m0/s1. The van der Waals surface area contributed by atoms with Crippen LogP contribution in [0.25, 0.3) is 0 Å². The summed E-state index contributed by atoms with van der Waals surface area (Å²) >= 11 is 0. The summed E-state index contributed by atoms with van der Waals surface area (Å²) in [6.45, 7) is 8.53. The number of rotatable bonds is 8. The second kappa shape index (κ2) is 10.1. The van der Waals surface area contributed by atoms with Crippen LogP contribution in [-0.4, -0.2) is 47.5 Å². The molecule has 7 heteroatoms. The van der Waals surface area contributed by atoms with E-state index in [1.54, 1.807) is 45.0 Å². The van der Waals surface area contributed by atoms with Gasteiger partial charge in [-0.3, -0.25) is 4.98 Å². The predicted octanol–water partition coefficient (Wildman–Crippen LogP) is 4.22. The molecule has 1 aromatic carbocycles. The smallest absolute Gasteiger partial charge is 0.407 e. The number of amides is 1. The SMILES string of the molecule is CN(C[C@@H](O)[C@H](Cc1ccccc1)NC(=O)OC(C)(C)C)c1cncc(C(C)(C)F)c1. The molecular formula is C24H34FN3O3. The van der Waals surface area contributed by atoms with Crippen molar-refractivity contribution < 1.29 is 19.0 Å². The van der Waals surface area contributed by atoms with Crippen molar-refractivity contribution in [3.8, 4) is 0 Å². The predicted molar refractivity (Wildman–Crippen MR) is 121 cm³/mol. The fourth-order valence-corrected chi connectivity index (χ4v) is 3.09. The number of hydrogen-bond acceptors (Lipinski definition) is 5. The molecule has 170 valence electrons. The highest BCUT2D eigenvalue weighted by molar-refractivity contribution is 5.68. The van der Waals surface area contributed by atoms with Gasteiger partial charge in [0.1, 0.15) is 11.3 Å². The Bertz CT molecular complexity index is 847. The van der Waals surface area contributed by atoms with E-state index in [-0.39, 0.29) is 6.54 Å². The maximum Gasteiger partial charge on any atom is 0.407 e. The fraction of sp³-hybridized carbons (Fsp3) is 0.500. The van der Waals surface area contributed by atoms with E-state index in [2.05, 4.69) is 10.3 Å². The van der Waals surface area contributed by atoms with Gasteiger partial charge in [-0.2, -0.15) is 0 Å². The number of aliphatic hydroxyl groups is 1. The average Bonchev–Trinajstić information content (AvgIpc) is 2.66. The quantitative estimate of drug-likeness (QED) is 0.655. The number of hydrogen-bond donors (Lipinski definition) is 2. The third-order valence-electron chi connectivity index (χ3n) is 4.78. The highest BCUT2D eigenvalue weighted by atomic mass is 19.1. The lowest BCUT2D eigenvalue weighted by Gasteiger charge is -2.30. The molecule has 0 saturated carbocycles. The highest BCUT2D eigenvalue weighted by Crippen LogP contribution is 2.26. The maximum atomic E-state index is 14.3. The molecule has 2 atom stereocenters. The van der Waals surface area contributed by atoms with Gasteiger partial charge in [-0.15, -0.1) is 0 Å². The van der Waals surface area contributed by atoms with E-state index in [0.29, 0.717) is 17.7 Å². The molecule has 2 aromatic rings. The number of aromatic nitrogens is 1. The Balaban J connectivity index is 2.15. The van der Waals surface area contributed by atoms with Crippen molar-refractivity contribution >= 4 is 11.8 Å². The van der Waals surface area contributed by atoms with E-state index >= 15 is 0 Å². The molecule has 1 amide bonds. The summed E-state index contributed by atoms with van der Waals surface area (Å²) in [5.41, 5.74) is -0.0458. The molecule has 0 aliphatic carbocycles. The van der Waals surface area contributed by atoms with Crippen LogP contribution in [0.1, 0.15) is 45.7 Å². The monoisotopic (exact) mass is 431 g/mol. The summed E-state index contributed by atoms with van der Waals surface area (Å²) in [5, 5.41) is 13.8. The summed E-state index contributed by atoms with van der Waals surface area (Å²) in [6.07, 6.45) is 2.06. The van der Waals surface area contributed by atoms with Gasteiger partial charge in [0.15, 0.2) is 0 Å². The highest BCUT2D eigenvalue weighted by Gasteiger charge is 2.27. The number of carbonyl (C=O) groups is 1. The molecule has 0 spiro atoms. The van der Waals surface area contributed by atoms with Gasteiger partial charge in [0.05, 0.1) is 24.0 Å². The fourth-order valence-electron chi connectivity index (χ4n) is 3.09. The van der Waals surface area contributed by atoms with Gasteiger partial charge in [0.25, 0.3) is 0 Å². The van der Waals surface area contributed by atoms with Crippen LogP contribution in [0.2, 0.25) is 0 Å². The van der Waals surface area contributed by atoms with Crippen LogP contribution >= 0.6 is 0 Å². The van der Waals surface area contributed by atoms with Crippen LogP contribution in [-0.2, 0) is 16.8 Å². The Hall–Kier alpha value is -2.67. The Kier molecular flexibility index (Phi) is 8.01. The first-order valence-corrected chi connectivity index (χ1v) is 10.4. The summed E-state index contributed by atoms with van der Waals surface area (Å²) in [4.78, 5) is 18.3. The van der Waals surface area contributed by atoms with Gasteiger partial charge >= 0.3 is 6.09 Å². The third kappa shape index (κ3) is 8.17. The van der Waals surface area contributed by atoms with E-state index in [0.717, 1.165) is 5.56 Å². The summed E-state index contributed by atoms with van der Waals surface area (Å²) < 4.78 is 19.7. The molecule has 0 aliphatic heterocycles. The van der Waals surface area contributed by atoms with Gasteiger partial charge in [-0.1, -0.05) is 30.3 Å². The van der Waals surface area contributed by atoms with E-state index in [1.807, 2.05) is 30.3 Å². The first-order valence-electron chi connectivity index (χ1n) is 10.4. The Morgan fingerprint density at radius 3 is 2.42 bits per heavy atom. The number of alkyl carbamates (subject to hydrolysis) is 1. The minimum atomic E-state index is -1.52. The molecule has 1 aromatic heterocycles. The summed E-state index contributed by atoms with van der Waals surface area (Å²) in [7, 11) is 1.79. The molecule has 6 nitrogen and oxygen atoms in total. The van der Waals surface area contributed by atoms with Crippen molar-refractivity contribution in [1.82, 2.24) is 10.3 Å². The number of likely N-dealkylation sites (N-methyl/N-ethyl adjacent to an activating group) is 1. The van der Waals surface area contributed by atoms with Crippen LogP contribution in [0, 0.1) is 0 Å². The van der Waals surface area contributed by atoms with Crippen LogP contribution in [0.4, 0.5) is 14.9 Å². The number of pyridine rings is 1. The second-order valence-corrected chi connectivity index (χ2v) is 9.29. The lowest BCUT2D eigenvalue weighted by Crippen LogP contribution is -2.50. The molecule has 0 unspecified atom stereocenters. The maximum absolute atomic E-state index is 14.3. The number of carbonyl (C=O) groups excluding carboxylic acids is 1. The Morgan fingerprint density at radius 2 is 1.84 bits per heavy atom. The zero-order valence-corrected chi connectivity index (χ0v) is 19.2. The third-order valence-corrected chi connectivity index (χ3v) is 4.78. The number of aliphatic hydroxyl groups excluding tert-OH is 1. The van der Waals surface area contributed by atoms with E-state index < -0.39 is 29.5 Å². The van der Waals surface area contributed by atoms with Crippen LogP contribution in [0.5, 0.6) is 0 Å².